The number of carboxylic acids is 1. The van der Waals surface area contributed by atoms with Crippen molar-refractivity contribution in [2.75, 3.05) is 5.01 Å². The fraction of sp³-hybridized carbons (Fsp3) is 0.100. The molecule has 0 fully saturated rings. The van der Waals surface area contributed by atoms with Crippen LogP contribution in [-0.2, 0) is 4.79 Å². The number of halogens is 1. The number of nitrogens with zero attached hydrogens (tertiary/aromatic N) is 1. The molecule has 0 aromatic heterocycles. The number of hydrazine groups is 2. The van der Waals surface area contributed by atoms with E-state index in [-0.39, 0.29) is 5.70 Å². The first-order valence-corrected chi connectivity index (χ1v) is 5.40. The van der Waals surface area contributed by atoms with Crippen molar-refractivity contribution in [3.63, 3.8) is 0 Å². The Labute approximate surface area is 101 Å². The van der Waals surface area contributed by atoms with Crippen LogP contribution in [0.5, 0.6) is 0 Å². The summed E-state index contributed by atoms with van der Waals surface area (Å²) in [6.45, 7) is 1.70. The van der Waals surface area contributed by atoms with Gasteiger partial charge in [0.15, 0.2) is 5.70 Å². The van der Waals surface area contributed by atoms with Gasteiger partial charge in [-0.05, 0) is 31.2 Å². The predicted molar refractivity (Wildman–Crippen MR) is 63.2 cm³/mol. The van der Waals surface area contributed by atoms with Crippen molar-refractivity contribution in [2.45, 2.75) is 6.92 Å². The third-order valence-electron chi connectivity index (χ3n) is 2.22. The molecule has 2 rings (SSSR count). The average Bonchev–Trinajstić information content (AvgIpc) is 2.61. The Morgan fingerprint density at radius 1 is 1.38 bits per heavy atom. The number of benzene rings is 1. The molecule has 16 heavy (non-hydrogen) atoms. The molecule has 5 nitrogen and oxygen atoms in total. The largest absolute Gasteiger partial charge is 0.476 e. The Kier molecular flexibility index (Phi) is 2.84. The fourth-order valence-electron chi connectivity index (χ4n) is 1.46. The lowest BCUT2D eigenvalue weighted by molar-refractivity contribution is -0.132. The second-order valence-electron chi connectivity index (χ2n) is 3.33. The number of aliphatic carboxylic acids is 1. The summed E-state index contributed by atoms with van der Waals surface area (Å²) in [6.07, 6.45) is 0. The van der Waals surface area contributed by atoms with Crippen LogP contribution in [0.25, 0.3) is 0 Å². The van der Waals surface area contributed by atoms with Gasteiger partial charge in [-0.15, -0.1) is 5.53 Å². The minimum Gasteiger partial charge on any atom is -0.476 e. The van der Waals surface area contributed by atoms with Crippen molar-refractivity contribution in [2.24, 2.45) is 0 Å². The first kappa shape index (κ1) is 11.0. The molecule has 3 N–H and O–H groups in total. The van der Waals surface area contributed by atoms with Crippen molar-refractivity contribution in [1.82, 2.24) is 11.0 Å². The lowest BCUT2D eigenvalue weighted by atomic mass is 10.3. The van der Waals surface area contributed by atoms with Crippen molar-refractivity contribution < 1.29 is 9.90 Å². The molecule has 0 unspecified atom stereocenters. The summed E-state index contributed by atoms with van der Waals surface area (Å²) < 4.78 is 0.945. The summed E-state index contributed by atoms with van der Waals surface area (Å²) in [6, 6.07) is 7.34. The fourth-order valence-corrected chi connectivity index (χ4v) is 1.73. The Balaban J connectivity index is 2.36. The van der Waals surface area contributed by atoms with Crippen molar-refractivity contribution in [3.8, 4) is 0 Å². The first-order chi connectivity index (χ1) is 7.59. The Hall–Kier alpha value is -1.53. The number of carbonyl (C=O) groups is 1. The molecule has 1 aromatic rings. The van der Waals surface area contributed by atoms with E-state index in [4.69, 9.17) is 5.11 Å². The summed E-state index contributed by atoms with van der Waals surface area (Å²) >= 11 is 3.33. The molecular formula is C10H10BrN3O2. The van der Waals surface area contributed by atoms with Crippen LogP contribution in [0.2, 0.25) is 0 Å². The summed E-state index contributed by atoms with van der Waals surface area (Å²) in [7, 11) is 0. The first-order valence-electron chi connectivity index (χ1n) is 4.61. The maximum Gasteiger partial charge on any atom is 0.355 e. The molecule has 0 radical (unpaired) electrons. The Morgan fingerprint density at radius 2 is 2.00 bits per heavy atom. The van der Waals surface area contributed by atoms with E-state index in [9.17, 15) is 4.79 Å². The van der Waals surface area contributed by atoms with Gasteiger partial charge in [0.05, 0.1) is 11.4 Å². The summed E-state index contributed by atoms with van der Waals surface area (Å²) in [5, 5.41) is 10.6. The molecule has 1 aliphatic heterocycles. The Bertz CT molecular complexity index is 456. The van der Waals surface area contributed by atoms with Gasteiger partial charge < -0.3 is 10.5 Å². The highest BCUT2D eigenvalue weighted by atomic mass is 79.9. The predicted octanol–water partition coefficient (Wildman–Crippen LogP) is 1.59. The quantitative estimate of drug-likeness (QED) is 0.769. The van der Waals surface area contributed by atoms with E-state index in [0.29, 0.717) is 5.70 Å². The van der Waals surface area contributed by atoms with Crippen LogP contribution < -0.4 is 16.0 Å². The molecule has 0 aliphatic carbocycles. The smallest absolute Gasteiger partial charge is 0.355 e. The standard InChI is InChI=1S/C10H10BrN3O2/c1-6-9(10(15)16)14(13-12-6)8-4-2-7(11)3-5-8/h2-5,12-13H,1H3,(H,15,16). The minimum atomic E-state index is -0.974. The van der Waals surface area contributed by atoms with Crippen LogP contribution >= 0.6 is 15.9 Å². The molecule has 1 aliphatic rings. The molecular weight excluding hydrogens is 274 g/mol. The zero-order valence-electron chi connectivity index (χ0n) is 8.49. The van der Waals surface area contributed by atoms with Crippen LogP contribution in [0.15, 0.2) is 40.1 Å². The number of rotatable bonds is 2. The molecule has 1 aromatic carbocycles. The molecule has 0 saturated carbocycles. The highest BCUT2D eigenvalue weighted by molar-refractivity contribution is 9.10. The summed E-state index contributed by atoms with van der Waals surface area (Å²) in [5.74, 6) is -0.974. The Morgan fingerprint density at radius 3 is 2.56 bits per heavy atom. The van der Waals surface area contributed by atoms with Gasteiger partial charge in [0.25, 0.3) is 0 Å². The SMILES string of the molecule is CC1=C(C(=O)O)N(c2ccc(Br)cc2)NN1. The normalized spacial score (nSPS) is 15.2. The van der Waals surface area contributed by atoms with E-state index in [2.05, 4.69) is 26.9 Å². The monoisotopic (exact) mass is 283 g/mol. The van der Waals surface area contributed by atoms with E-state index in [1.807, 2.05) is 24.3 Å². The average molecular weight is 284 g/mol. The van der Waals surface area contributed by atoms with Crippen LogP contribution in [0, 0.1) is 0 Å². The van der Waals surface area contributed by atoms with Crippen molar-refractivity contribution in [3.05, 3.63) is 40.1 Å². The summed E-state index contributed by atoms with van der Waals surface area (Å²) in [5.41, 5.74) is 7.09. The number of hydrogen-bond acceptors (Lipinski definition) is 4. The minimum absolute atomic E-state index is 0.197. The molecule has 6 heteroatoms. The second-order valence-corrected chi connectivity index (χ2v) is 4.24. The highest BCUT2D eigenvalue weighted by Gasteiger charge is 2.26. The number of carboxylic acid groups (broad SMARTS) is 1. The third kappa shape index (κ3) is 1.89. The molecule has 0 amide bonds. The van der Waals surface area contributed by atoms with E-state index in [0.717, 1.165) is 10.2 Å². The molecule has 0 atom stereocenters. The molecule has 0 spiro atoms. The van der Waals surface area contributed by atoms with E-state index in [1.165, 1.54) is 5.01 Å². The number of hydrogen-bond donors (Lipinski definition) is 3. The second kappa shape index (κ2) is 4.15. The van der Waals surface area contributed by atoms with E-state index in [1.54, 1.807) is 6.92 Å². The van der Waals surface area contributed by atoms with Gasteiger partial charge >= 0.3 is 5.97 Å². The van der Waals surface area contributed by atoms with E-state index >= 15 is 0 Å². The zero-order chi connectivity index (χ0) is 11.7. The van der Waals surface area contributed by atoms with Crippen LogP contribution in [0.3, 0.4) is 0 Å². The van der Waals surface area contributed by atoms with Crippen LogP contribution in [-0.4, -0.2) is 11.1 Å². The van der Waals surface area contributed by atoms with Crippen LogP contribution in [0.1, 0.15) is 6.92 Å². The maximum absolute atomic E-state index is 11.1. The topological polar surface area (TPSA) is 64.6 Å². The molecule has 0 saturated heterocycles. The molecule has 1 heterocycles. The highest BCUT2D eigenvalue weighted by Crippen LogP contribution is 2.23. The van der Waals surface area contributed by atoms with Gasteiger partial charge in [-0.25, -0.2) is 4.79 Å². The van der Waals surface area contributed by atoms with Gasteiger partial charge in [0, 0.05) is 4.47 Å². The lowest BCUT2D eigenvalue weighted by Crippen LogP contribution is -2.39. The van der Waals surface area contributed by atoms with Gasteiger partial charge in [0.1, 0.15) is 0 Å². The number of anilines is 1. The molecule has 0 bridgehead atoms. The van der Waals surface area contributed by atoms with Gasteiger partial charge in [-0.2, -0.15) is 0 Å². The van der Waals surface area contributed by atoms with Crippen LogP contribution in [0.4, 0.5) is 5.69 Å². The zero-order valence-corrected chi connectivity index (χ0v) is 10.1. The summed E-state index contributed by atoms with van der Waals surface area (Å²) in [4.78, 5) is 11.1. The number of nitrogens with one attached hydrogen (secondary N) is 2. The van der Waals surface area contributed by atoms with Gasteiger partial charge in [-0.1, -0.05) is 15.9 Å². The van der Waals surface area contributed by atoms with Gasteiger partial charge in [-0.3, -0.25) is 5.01 Å². The number of allylic oxidation sites excluding steroid dienone is 1. The van der Waals surface area contributed by atoms with E-state index < -0.39 is 5.97 Å². The maximum atomic E-state index is 11.1. The molecule has 84 valence electrons. The van der Waals surface area contributed by atoms with Gasteiger partial charge in [0.2, 0.25) is 0 Å². The van der Waals surface area contributed by atoms with Crippen molar-refractivity contribution in [1.29, 1.82) is 0 Å². The third-order valence-corrected chi connectivity index (χ3v) is 2.75. The van der Waals surface area contributed by atoms with Crippen molar-refractivity contribution >= 4 is 27.6 Å². The lowest BCUT2D eigenvalue weighted by Gasteiger charge is -2.18.